The average molecular weight is 1730 g/mol. The summed E-state index contributed by atoms with van der Waals surface area (Å²) in [4.78, 5) is 33.4. The van der Waals surface area contributed by atoms with Gasteiger partial charge in [0.1, 0.15) is 40.3 Å². The van der Waals surface area contributed by atoms with E-state index in [0.29, 0.717) is 162 Å². The van der Waals surface area contributed by atoms with E-state index in [-0.39, 0.29) is 68.9 Å². The molecule has 0 atom stereocenters. The van der Waals surface area contributed by atoms with Gasteiger partial charge >= 0.3 is 0 Å². The number of hydrogen-bond acceptors (Lipinski definition) is 30. The van der Waals surface area contributed by atoms with Crippen molar-refractivity contribution >= 4 is 124 Å². The van der Waals surface area contributed by atoms with Crippen molar-refractivity contribution in [2.75, 3.05) is 195 Å². The maximum Gasteiger partial charge on any atom is 0.296 e. The molecule has 0 unspecified atom stereocenters. The molecule has 4 bridgehead atoms. The molecular formula is C78H110N20O15S5. The molecule has 17 rings (SSSR count). The first-order chi connectivity index (χ1) is 55.5. The second-order valence-electron chi connectivity index (χ2n) is 32.5. The molecule has 35 nitrogen and oxygen atoms in total. The molecule has 0 radical (unpaired) electrons. The van der Waals surface area contributed by atoms with Gasteiger partial charge in [-0.15, -0.1) is 0 Å². The highest BCUT2D eigenvalue weighted by molar-refractivity contribution is 8.09. The molecule has 40 heteroatoms. The second-order valence-corrected chi connectivity index (χ2v) is 41.1. The maximum atomic E-state index is 15.4. The van der Waals surface area contributed by atoms with Crippen molar-refractivity contribution in [3.8, 4) is 0 Å². The van der Waals surface area contributed by atoms with E-state index in [0.717, 1.165) is 86.2 Å². The first-order valence-corrected chi connectivity index (χ1v) is 47.1. The molecule has 7 aromatic rings. The summed E-state index contributed by atoms with van der Waals surface area (Å²) in [6.07, 6.45) is 0. The molecule has 10 aliphatic rings. The maximum absolute atomic E-state index is 15.4. The number of rotatable bonds is 13. The first kappa shape index (κ1) is 85.9. The lowest BCUT2D eigenvalue weighted by Gasteiger charge is -2.53. The van der Waals surface area contributed by atoms with Crippen LogP contribution in [0.4, 0.5) is 73.9 Å². The van der Waals surface area contributed by atoms with E-state index < -0.39 is 50.0 Å². The predicted molar refractivity (Wildman–Crippen MR) is 453 cm³/mol. The van der Waals surface area contributed by atoms with Crippen molar-refractivity contribution in [2.45, 2.75) is 136 Å². The summed E-state index contributed by atoms with van der Waals surface area (Å²) in [7, 11) is -11.3. The molecule has 10 aliphatic heterocycles. The van der Waals surface area contributed by atoms with Gasteiger partial charge in [0.25, 0.3) is 30.4 Å². The molecule has 0 saturated carbocycles. The zero-order valence-electron chi connectivity index (χ0n) is 69.0. The number of benzene rings is 7. The first-order valence-electron chi connectivity index (χ1n) is 39.3. The van der Waals surface area contributed by atoms with Crippen LogP contribution in [0.25, 0.3) is 0 Å². The molecule has 10 heterocycles. The predicted octanol–water partition coefficient (Wildman–Crippen LogP) is 4.00. The number of anilines is 12. The molecular weight excluding hydrogens is 1620 g/mol. The molecule has 0 saturated heterocycles. The van der Waals surface area contributed by atoms with Gasteiger partial charge in [-0.1, -0.05) is 21.7 Å². The lowest BCUT2D eigenvalue weighted by Crippen LogP contribution is -2.76. The smallest absolute Gasteiger partial charge is 0.296 e. The van der Waals surface area contributed by atoms with Gasteiger partial charge in [-0.3, -0.25) is 43.1 Å². The third-order valence-corrected chi connectivity index (χ3v) is 29.8. The van der Waals surface area contributed by atoms with E-state index >= 15 is 4.21 Å². The van der Waals surface area contributed by atoms with Crippen molar-refractivity contribution in [2.24, 2.45) is 0 Å². The second kappa shape index (κ2) is 31.8. The molecule has 0 amide bonds. The summed E-state index contributed by atoms with van der Waals surface area (Å²) >= 11 is 0. The Bertz CT molecular complexity index is 5600. The van der Waals surface area contributed by atoms with Crippen LogP contribution in [0.5, 0.6) is 0 Å². The Labute approximate surface area is 691 Å². The van der Waals surface area contributed by atoms with Gasteiger partial charge in [-0.2, -0.15) is 29.5 Å². The molecule has 0 fully saturated rings. The van der Waals surface area contributed by atoms with Gasteiger partial charge in [0.2, 0.25) is 0 Å². The van der Waals surface area contributed by atoms with Gasteiger partial charge in [0.15, 0.2) is 0 Å². The number of nitrogens with zero attached hydrogens (tertiary/aromatic N) is 16. The van der Waals surface area contributed by atoms with Crippen LogP contribution >= 0.6 is 0 Å². The fraction of sp³-hybridized carbons (Fsp3) is 0.462. The van der Waals surface area contributed by atoms with Crippen molar-refractivity contribution in [1.29, 1.82) is 0 Å². The van der Waals surface area contributed by atoms with Crippen LogP contribution in [0.1, 0.15) is 97.2 Å². The summed E-state index contributed by atoms with van der Waals surface area (Å²) in [5.41, 5.74) is 32.3. The minimum Gasteiger partial charge on any atom is -0.744 e. The van der Waals surface area contributed by atoms with Crippen molar-refractivity contribution in [1.82, 2.24) is 29.4 Å². The van der Waals surface area contributed by atoms with E-state index in [1.54, 1.807) is 60.7 Å². The number of quaternary nitrogens is 2. The fourth-order valence-corrected chi connectivity index (χ4v) is 24.5. The topological polar surface area (TPSA) is 429 Å². The molecule has 13 N–H and O–H groups in total. The normalized spacial score (nSPS) is 18.6. The van der Waals surface area contributed by atoms with Crippen LogP contribution in [0.15, 0.2) is 108 Å². The van der Waals surface area contributed by atoms with Gasteiger partial charge in [0.05, 0.1) is 86.7 Å². The standard InChI is InChI=1S/C31H42N8O6S2.C25H34N6O6S2.C16H26N4O3S.C6H8N2/c1-5-36-17-34(3)13-20-10-26(46(41,42)43)30-24(28(20)36)15-39-19-38(30)16-25-29-21(14-35(4)18-37(29)6-2)11-27(31(25)39)47(33,44,45-40)23-9-7-8-22(32)12-23;1-5-28-13-26(3)9-16-7-20(38(32,33)34)24-18(22(16)28)11-30-15-31(24)12-19-23-17(10-27(4)14-29(23)6-2)8-21(25(19)30)39(35,36)37;1-5-19-10-17(3)8-12-7-14(24(21,22)23)16-13(15(12)19)9-18(4)11-20(16)6-2;7-5-2-1-3-6(8)4-5/h7-12,40H,5-6,13-19,32H2,1-4H3,(H2,33,44)(H,41,42,43);7-8H,5-6,9-15H2,1-4H3,(H,32,33,34)(H,35,36,37);7H,5-6,8-11H2,1-4H3,(H,21,22,23);1-4H,7-8H2. The lowest BCUT2D eigenvalue weighted by atomic mass is 9.93. The van der Waals surface area contributed by atoms with Crippen LogP contribution in [-0.4, -0.2) is 220 Å². The number of nitrogens with two attached hydrogens (primary N) is 2. The third-order valence-electron chi connectivity index (χ3n) is 23.7. The molecule has 7 aromatic carbocycles. The van der Waals surface area contributed by atoms with E-state index in [1.165, 1.54) is 6.07 Å². The number of nitrogen functional groups attached to an aromatic ring is 2. The van der Waals surface area contributed by atoms with E-state index in [2.05, 4.69) is 90.4 Å². The van der Waals surface area contributed by atoms with Gasteiger partial charge in [0, 0.05) is 178 Å². The quantitative estimate of drug-likeness (QED) is 0.0371. The minimum absolute atomic E-state index is 0.0394. The fourth-order valence-electron chi connectivity index (χ4n) is 19.2. The Morgan fingerprint density at radius 2 is 0.661 bits per heavy atom. The van der Waals surface area contributed by atoms with Crippen LogP contribution in [0.2, 0.25) is 0 Å². The third kappa shape index (κ3) is 15.6. The van der Waals surface area contributed by atoms with Gasteiger partial charge in [-0.25, -0.2) is 13.6 Å². The van der Waals surface area contributed by atoms with Crippen LogP contribution in [0.3, 0.4) is 0 Å². The molecule has 0 spiro atoms. The Morgan fingerprint density at radius 3 is 0.966 bits per heavy atom. The summed E-state index contributed by atoms with van der Waals surface area (Å²) in [6.45, 7) is 25.3. The highest BCUT2D eigenvalue weighted by Gasteiger charge is 2.48. The van der Waals surface area contributed by atoms with Crippen molar-refractivity contribution in [3.05, 3.63) is 134 Å². The number of fused-ring (bicyclic) bond motifs is 23. The minimum atomic E-state index is -4.97. The molecule has 642 valence electrons. The Hall–Kier alpha value is -8.47. The van der Waals surface area contributed by atoms with Crippen molar-refractivity contribution in [3.63, 3.8) is 0 Å². The average Bonchev–Trinajstić information content (AvgIpc) is 0.710. The highest BCUT2D eigenvalue weighted by Crippen LogP contribution is 2.57. The van der Waals surface area contributed by atoms with Crippen LogP contribution in [0, 0.1) is 0 Å². The number of hydrogen-bond donors (Lipinski definition) is 7. The largest absolute Gasteiger partial charge is 0.744 e. The van der Waals surface area contributed by atoms with Gasteiger partial charge in [-0.05, 0) is 172 Å². The van der Waals surface area contributed by atoms with Crippen molar-refractivity contribution < 1.29 is 76.6 Å². The lowest BCUT2D eigenvalue weighted by molar-refractivity contribution is -0.646. The molecule has 0 aliphatic carbocycles. The SMILES string of the molecule is CCN1CN(C)Cc2cc(S(=O)(=O)O)c3c(c21)CN(C)CN3CC.CCN1CN(C)Cc2cc(S(=O)(=O)O)c3c(c21)CN1CN3Cc2c3c(cc(S([NH3+])(=O)(O[O-])c4cccc([NH3+])c4)c21)CN(C)CN3CC.CCN1CN(C)Cc2cc(S(=O)(=O)[O-])c3c(c21)CN1CN3Cc2c3c(cc(S(=O)(=O)O)c21)CN(C)CN3CC.Nc1cccc(N)c1. The Kier molecular flexibility index (Phi) is 23.2. The molecule has 0 aromatic heterocycles. The Morgan fingerprint density at radius 1 is 0.381 bits per heavy atom. The van der Waals surface area contributed by atoms with Crippen LogP contribution in [-0.2, 0) is 120 Å². The summed E-state index contributed by atoms with van der Waals surface area (Å²) in [5.74, 6) is 0. The van der Waals surface area contributed by atoms with E-state index in [4.69, 9.17) is 15.8 Å². The highest BCUT2D eigenvalue weighted by atomic mass is 32.3. The zero-order chi connectivity index (χ0) is 85.3. The van der Waals surface area contributed by atoms with Crippen LogP contribution < -0.4 is 76.6 Å². The monoisotopic (exact) mass is 1730 g/mol. The molecule has 118 heavy (non-hydrogen) atoms. The van der Waals surface area contributed by atoms with Gasteiger partial charge < -0.3 is 80.3 Å². The summed E-state index contributed by atoms with van der Waals surface area (Å²) < 4.78 is 165. The zero-order valence-corrected chi connectivity index (χ0v) is 73.1. The van der Waals surface area contributed by atoms with E-state index in [1.807, 2.05) is 94.8 Å². The summed E-state index contributed by atoms with van der Waals surface area (Å²) in [6, 6.07) is 22.0. The Balaban J connectivity index is 0.000000144. The summed E-state index contributed by atoms with van der Waals surface area (Å²) in [5, 5.41) is 17.1. The van der Waals surface area contributed by atoms with E-state index in [9.17, 15) is 57.1 Å².